The number of rotatable bonds is 5. The van der Waals surface area contributed by atoms with Crippen LogP contribution < -0.4 is 10.3 Å². The van der Waals surface area contributed by atoms with Gasteiger partial charge in [0.1, 0.15) is 18.2 Å². The van der Waals surface area contributed by atoms with Crippen molar-refractivity contribution in [2.75, 3.05) is 13.2 Å². The molecule has 33 heavy (non-hydrogen) atoms. The highest BCUT2D eigenvalue weighted by Crippen LogP contribution is 2.31. The highest BCUT2D eigenvalue weighted by atomic mass is 16.5. The molecule has 4 rings (SSSR count). The molecule has 0 aliphatic heterocycles. The minimum Gasteiger partial charge on any atom is -0.491 e. The van der Waals surface area contributed by atoms with Crippen molar-refractivity contribution in [3.8, 4) is 22.8 Å². The van der Waals surface area contributed by atoms with Crippen LogP contribution in [0.1, 0.15) is 37.5 Å². The molecule has 0 fully saturated rings. The minimum atomic E-state index is -0.102. The van der Waals surface area contributed by atoms with E-state index in [-0.39, 0.29) is 24.2 Å². The van der Waals surface area contributed by atoms with Gasteiger partial charge in [-0.3, -0.25) is 9.36 Å². The molecule has 0 saturated carbocycles. The first kappa shape index (κ1) is 22.7. The predicted octanol–water partition coefficient (Wildman–Crippen LogP) is 5.34. The highest BCUT2D eigenvalue weighted by Gasteiger charge is 2.18. The number of benzene rings is 3. The Labute approximate surface area is 194 Å². The third kappa shape index (κ3) is 4.41. The number of aryl methyl sites for hydroxylation is 2. The summed E-state index contributed by atoms with van der Waals surface area (Å²) in [5, 5.41) is 9.71. The van der Waals surface area contributed by atoms with Gasteiger partial charge < -0.3 is 9.84 Å². The summed E-state index contributed by atoms with van der Waals surface area (Å²) in [5.74, 6) is 1.33. The summed E-state index contributed by atoms with van der Waals surface area (Å²) in [7, 11) is 0. The van der Waals surface area contributed by atoms with Crippen molar-refractivity contribution in [3.05, 3.63) is 87.7 Å². The van der Waals surface area contributed by atoms with E-state index < -0.39 is 0 Å². The van der Waals surface area contributed by atoms with Crippen molar-refractivity contribution in [1.82, 2.24) is 9.55 Å². The fourth-order valence-electron chi connectivity index (χ4n) is 4.13. The molecule has 4 aromatic rings. The Hall–Kier alpha value is -3.44. The Morgan fingerprint density at radius 2 is 1.61 bits per heavy atom. The van der Waals surface area contributed by atoms with Crippen LogP contribution >= 0.6 is 0 Å². The molecule has 0 atom stereocenters. The van der Waals surface area contributed by atoms with Gasteiger partial charge in [-0.05, 0) is 72.4 Å². The van der Waals surface area contributed by atoms with Crippen molar-refractivity contribution < 1.29 is 9.84 Å². The van der Waals surface area contributed by atoms with E-state index in [1.54, 1.807) is 4.57 Å². The zero-order valence-corrected chi connectivity index (χ0v) is 19.8. The fraction of sp³-hybridized carbons (Fsp3) is 0.286. The lowest BCUT2D eigenvalue weighted by molar-refractivity contribution is 0.200. The molecule has 0 unspecified atom stereocenters. The van der Waals surface area contributed by atoms with Crippen LogP contribution in [-0.2, 0) is 5.41 Å². The molecule has 0 bridgehead atoms. The normalized spacial score (nSPS) is 11.7. The Bertz CT molecular complexity index is 1340. The summed E-state index contributed by atoms with van der Waals surface area (Å²) in [5.41, 5.74) is 5.25. The van der Waals surface area contributed by atoms with Crippen LogP contribution in [-0.4, -0.2) is 27.9 Å². The summed E-state index contributed by atoms with van der Waals surface area (Å²) in [6.45, 7) is 10.6. The smallest absolute Gasteiger partial charge is 0.266 e. The topological polar surface area (TPSA) is 64.4 Å². The molecular formula is C28H30N2O3. The Kier molecular flexibility index (Phi) is 6.09. The zero-order valence-electron chi connectivity index (χ0n) is 19.8. The molecule has 0 amide bonds. The summed E-state index contributed by atoms with van der Waals surface area (Å²) in [6.07, 6.45) is 0. The Balaban J connectivity index is 1.96. The van der Waals surface area contributed by atoms with Crippen molar-refractivity contribution in [2.45, 2.75) is 40.0 Å². The van der Waals surface area contributed by atoms with E-state index in [9.17, 15) is 4.79 Å². The first-order chi connectivity index (χ1) is 15.7. The van der Waals surface area contributed by atoms with Crippen LogP contribution in [0.2, 0.25) is 0 Å². The largest absolute Gasteiger partial charge is 0.491 e. The monoisotopic (exact) mass is 442 g/mol. The molecule has 1 N–H and O–H groups in total. The lowest BCUT2D eigenvalue weighted by atomic mass is 9.87. The van der Waals surface area contributed by atoms with E-state index in [2.05, 4.69) is 32.9 Å². The predicted molar refractivity (Wildman–Crippen MR) is 134 cm³/mol. The molecule has 5 nitrogen and oxygen atoms in total. The summed E-state index contributed by atoms with van der Waals surface area (Å²) < 4.78 is 7.41. The van der Waals surface area contributed by atoms with Gasteiger partial charge in [-0.1, -0.05) is 45.0 Å². The van der Waals surface area contributed by atoms with Gasteiger partial charge >= 0.3 is 0 Å². The van der Waals surface area contributed by atoms with Crippen LogP contribution in [0.3, 0.4) is 0 Å². The number of nitrogens with zero attached hydrogens (tertiary/aromatic N) is 2. The highest BCUT2D eigenvalue weighted by molar-refractivity contribution is 5.80. The number of fused-ring (bicyclic) bond motifs is 1. The number of para-hydroxylation sites is 1. The molecule has 0 aliphatic rings. The van der Waals surface area contributed by atoms with Crippen LogP contribution in [0, 0.1) is 13.8 Å². The number of hydrogen-bond acceptors (Lipinski definition) is 4. The molecule has 1 aromatic heterocycles. The Morgan fingerprint density at radius 3 is 2.21 bits per heavy atom. The third-order valence-electron chi connectivity index (χ3n) is 5.82. The standard InChI is InChI=1S/C28H30N2O3/c1-18-16-20(17-19(2)25(18)33-15-14-31)26-29-24-9-7-6-8-23(24)27(32)30(26)22-12-10-21(11-13-22)28(3,4)5/h6-13,16-17,31H,14-15H2,1-5H3. The lowest BCUT2D eigenvalue weighted by Crippen LogP contribution is -2.22. The molecule has 0 radical (unpaired) electrons. The number of aromatic nitrogens is 2. The van der Waals surface area contributed by atoms with E-state index in [0.717, 1.165) is 28.1 Å². The summed E-state index contributed by atoms with van der Waals surface area (Å²) in [4.78, 5) is 18.6. The van der Waals surface area contributed by atoms with Gasteiger partial charge in [-0.25, -0.2) is 4.98 Å². The summed E-state index contributed by atoms with van der Waals surface area (Å²) >= 11 is 0. The van der Waals surface area contributed by atoms with E-state index in [1.807, 2.05) is 62.4 Å². The molecule has 170 valence electrons. The second kappa shape index (κ2) is 8.83. The van der Waals surface area contributed by atoms with Gasteiger partial charge in [0.25, 0.3) is 5.56 Å². The van der Waals surface area contributed by atoms with E-state index in [4.69, 9.17) is 14.8 Å². The molecule has 3 aromatic carbocycles. The van der Waals surface area contributed by atoms with Gasteiger partial charge in [-0.2, -0.15) is 0 Å². The van der Waals surface area contributed by atoms with E-state index in [0.29, 0.717) is 16.7 Å². The van der Waals surface area contributed by atoms with Crippen LogP contribution in [0.5, 0.6) is 5.75 Å². The summed E-state index contributed by atoms with van der Waals surface area (Å²) in [6, 6.07) is 19.5. The fourth-order valence-corrected chi connectivity index (χ4v) is 4.13. The zero-order chi connectivity index (χ0) is 23.8. The first-order valence-corrected chi connectivity index (χ1v) is 11.2. The second-order valence-corrected chi connectivity index (χ2v) is 9.40. The van der Waals surface area contributed by atoms with Crippen LogP contribution in [0.25, 0.3) is 28.0 Å². The number of aliphatic hydroxyl groups excluding tert-OH is 1. The number of aliphatic hydroxyl groups is 1. The molecule has 0 spiro atoms. The third-order valence-corrected chi connectivity index (χ3v) is 5.82. The SMILES string of the molecule is Cc1cc(-c2nc3ccccc3c(=O)n2-c2ccc(C(C)(C)C)cc2)cc(C)c1OCCO. The minimum absolute atomic E-state index is 0.0204. The molecule has 1 heterocycles. The maximum absolute atomic E-state index is 13.7. The average molecular weight is 443 g/mol. The maximum atomic E-state index is 13.7. The molecule has 0 aliphatic carbocycles. The van der Waals surface area contributed by atoms with Crippen molar-refractivity contribution in [2.24, 2.45) is 0 Å². The number of hydrogen-bond donors (Lipinski definition) is 1. The average Bonchev–Trinajstić information content (AvgIpc) is 2.78. The van der Waals surface area contributed by atoms with Gasteiger partial charge in [-0.15, -0.1) is 0 Å². The van der Waals surface area contributed by atoms with Crippen molar-refractivity contribution in [1.29, 1.82) is 0 Å². The number of ether oxygens (including phenoxy) is 1. The van der Waals surface area contributed by atoms with Crippen molar-refractivity contribution >= 4 is 10.9 Å². The molecule has 0 saturated heterocycles. The van der Waals surface area contributed by atoms with Gasteiger partial charge in [0, 0.05) is 5.56 Å². The van der Waals surface area contributed by atoms with Crippen LogP contribution in [0.15, 0.2) is 65.5 Å². The second-order valence-electron chi connectivity index (χ2n) is 9.40. The van der Waals surface area contributed by atoms with E-state index in [1.165, 1.54) is 5.56 Å². The molecular weight excluding hydrogens is 412 g/mol. The van der Waals surface area contributed by atoms with E-state index >= 15 is 0 Å². The van der Waals surface area contributed by atoms with Gasteiger partial charge in [0.15, 0.2) is 0 Å². The van der Waals surface area contributed by atoms with Crippen LogP contribution in [0.4, 0.5) is 0 Å². The van der Waals surface area contributed by atoms with Gasteiger partial charge in [0.05, 0.1) is 23.2 Å². The molecule has 5 heteroatoms. The van der Waals surface area contributed by atoms with Gasteiger partial charge in [0.2, 0.25) is 0 Å². The first-order valence-electron chi connectivity index (χ1n) is 11.2. The maximum Gasteiger partial charge on any atom is 0.266 e. The quantitative estimate of drug-likeness (QED) is 0.453. The lowest BCUT2D eigenvalue weighted by Gasteiger charge is -2.20. The Morgan fingerprint density at radius 1 is 0.970 bits per heavy atom. The van der Waals surface area contributed by atoms with Crippen molar-refractivity contribution in [3.63, 3.8) is 0 Å².